The zero-order valence-corrected chi connectivity index (χ0v) is 18.8. The summed E-state index contributed by atoms with van der Waals surface area (Å²) < 4.78 is 0. The number of carbonyl (C=O) groups is 4. The lowest BCUT2D eigenvalue weighted by molar-refractivity contribution is -0.141. The van der Waals surface area contributed by atoms with Crippen LogP contribution < -0.4 is 33.2 Å². The van der Waals surface area contributed by atoms with E-state index in [0.29, 0.717) is 6.42 Å². The normalized spacial score (nSPS) is 14.5. The number of hydrogen-bond donors (Lipinski definition) is 10. The average molecular weight is 484 g/mol. The van der Waals surface area contributed by atoms with Crippen molar-refractivity contribution in [2.75, 3.05) is 23.8 Å². The predicted octanol–water partition coefficient (Wildman–Crippen LogP) is -3.30. The van der Waals surface area contributed by atoms with Crippen molar-refractivity contribution in [3.63, 3.8) is 0 Å². The van der Waals surface area contributed by atoms with E-state index in [1.54, 1.807) is 0 Å². The van der Waals surface area contributed by atoms with Crippen molar-refractivity contribution in [3.05, 3.63) is 0 Å². The van der Waals surface area contributed by atoms with Gasteiger partial charge in [-0.15, -0.1) is 0 Å². The maximum atomic E-state index is 12.7. The molecule has 0 radical (unpaired) electrons. The molecule has 0 rings (SSSR count). The minimum atomic E-state index is -1.27. The van der Waals surface area contributed by atoms with Crippen LogP contribution in [0.15, 0.2) is 4.99 Å². The number of thiol groups is 3. The Morgan fingerprint density at radius 3 is 1.80 bits per heavy atom. The quantitative estimate of drug-likeness (QED) is 0.0521. The number of nitrogens with zero attached hydrogens (tertiary/aromatic N) is 1. The van der Waals surface area contributed by atoms with Gasteiger partial charge in [0.1, 0.15) is 18.1 Å². The third-order valence-corrected chi connectivity index (χ3v) is 4.85. The Balaban J connectivity index is 5.18. The van der Waals surface area contributed by atoms with Gasteiger partial charge in [-0.3, -0.25) is 19.4 Å². The zero-order chi connectivity index (χ0) is 23.3. The van der Waals surface area contributed by atoms with E-state index in [9.17, 15) is 19.2 Å². The number of carboxylic acid groups (broad SMARTS) is 1. The topological polar surface area (TPSA) is 215 Å². The molecular weight excluding hydrogens is 454 g/mol. The van der Waals surface area contributed by atoms with Crippen molar-refractivity contribution in [2.24, 2.45) is 22.2 Å². The summed E-state index contributed by atoms with van der Waals surface area (Å²) in [7, 11) is 0. The summed E-state index contributed by atoms with van der Waals surface area (Å²) >= 11 is 11.8. The van der Waals surface area contributed by atoms with Gasteiger partial charge < -0.3 is 38.3 Å². The van der Waals surface area contributed by atoms with Crippen LogP contribution in [0.3, 0.4) is 0 Å². The smallest absolute Gasteiger partial charge is 0.327 e. The standard InChI is InChI=1S/C15H29N7O5S3/c16-7(4-28)11(23)20-8(2-1-3-19-15(17)18)12(24)21-9(5-29)13(25)22-10(6-30)14(26)27/h7-10,28-30H,1-6,16H2,(H,20,23)(H,21,24)(H,22,25)(H,26,27)(H4,17,18,19). The lowest BCUT2D eigenvalue weighted by atomic mass is 10.1. The highest BCUT2D eigenvalue weighted by atomic mass is 32.1. The van der Waals surface area contributed by atoms with Gasteiger partial charge in [-0.2, -0.15) is 37.9 Å². The van der Waals surface area contributed by atoms with Crippen LogP contribution >= 0.6 is 37.9 Å². The summed E-state index contributed by atoms with van der Waals surface area (Å²) in [4.78, 5) is 51.9. The Morgan fingerprint density at radius 2 is 1.33 bits per heavy atom. The molecule has 0 heterocycles. The van der Waals surface area contributed by atoms with E-state index in [2.05, 4.69) is 58.8 Å². The number of carboxylic acids is 1. The molecule has 0 aromatic carbocycles. The van der Waals surface area contributed by atoms with E-state index in [4.69, 9.17) is 22.3 Å². The fraction of sp³-hybridized carbons (Fsp3) is 0.667. The minimum absolute atomic E-state index is 0.0656. The summed E-state index contributed by atoms with van der Waals surface area (Å²) in [6, 6.07) is -4.34. The van der Waals surface area contributed by atoms with Crippen LogP contribution in [0.1, 0.15) is 12.8 Å². The van der Waals surface area contributed by atoms with Crippen LogP contribution in [0.25, 0.3) is 0 Å². The third kappa shape index (κ3) is 10.8. The lowest BCUT2D eigenvalue weighted by Crippen LogP contribution is -2.58. The maximum absolute atomic E-state index is 12.7. The van der Waals surface area contributed by atoms with Crippen LogP contribution in [-0.2, 0) is 19.2 Å². The van der Waals surface area contributed by atoms with Gasteiger partial charge in [0.15, 0.2) is 5.96 Å². The van der Waals surface area contributed by atoms with E-state index in [1.807, 2.05) is 0 Å². The highest BCUT2D eigenvalue weighted by Gasteiger charge is 2.29. The van der Waals surface area contributed by atoms with E-state index in [1.165, 1.54) is 0 Å². The first-order valence-corrected chi connectivity index (χ1v) is 10.7. The molecule has 172 valence electrons. The van der Waals surface area contributed by atoms with Gasteiger partial charge >= 0.3 is 5.97 Å². The van der Waals surface area contributed by atoms with Crippen LogP contribution in [0.4, 0.5) is 0 Å². The molecule has 0 saturated heterocycles. The zero-order valence-electron chi connectivity index (χ0n) is 16.2. The number of aliphatic carboxylic acids is 1. The number of aliphatic imine (C=N–C) groups is 1. The van der Waals surface area contributed by atoms with Crippen molar-refractivity contribution in [3.8, 4) is 0 Å². The first-order valence-electron chi connectivity index (χ1n) is 8.84. The number of nitrogens with two attached hydrogens (primary N) is 3. The Kier molecular flexibility index (Phi) is 14.1. The summed E-state index contributed by atoms with van der Waals surface area (Å²) in [5.74, 6) is -3.59. The molecule has 10 N–H and O–H groups in total. The Labute approximate surface area is 190 Å². The number of rotatable bonds is 14. The molecule has 0 aliphatic heterocycles. The first-order chi connectivity index (χ1) is 14.1. The molecule has 0 fully saturated rings. The van der Waals surface area contributed by atoms with E-state index in [-0.39, 0.29) is 36.2 Å². The van der Waals surface area contributed by atoms with Gasteiger partial charge in [0, 0.05) is 23.8 Å². The molecule has 0 aliphatic carbocycles. The Bertz CT molecular complexity index is 634. The van der Waals surface area contributed by atoms with Crippen molar-refractivity contribution in [1.82, 2.24) is 16.0 Å². The van der Waals surface area contributed by atoms with Crippen molar-refractivity contribution < 1.29 is 24.3 Å². The van der Waals surface area contributed by atoms with Crippen molar-refractivity contribution >= 4 is 67.5 Å². The average Bonchev–Trinajstić information content (AvgIpc) is 2.70. The van der Waals surface area contributed by atoms with E-state index < -0.39 is 47.9 Å². The fourth-order valence-electron chi connectivity index (χ4n) is 2.06. The molecular formula is C15H29N7O5S3. The molecule has 0 spiro atoms. The van der Waals surface area contributed by atoms with E-state index in [0.717, 1.165) is 0 Å². The van der Waals surface area contributed by atoms with Gasteiger partial charge in [0.05, 0.1) is 6.04 Å². The highest BCUT2D eigenvalue weighted by molar-refractivity contribution is 7.80. The van der Waals surface area contributed by atoms with Gasteiger partial charge in [-0.1, -0.05) is 0 Å². The number of guanidine groups is 1. The van der Waals surface area contributed by atoms with Gasteiger partial charge in [-0.05, 0) is 12.8 Å². The monoisotopic (exact) mass is 483 g/mol. The summed E-state index contributed by atoms with van der Waals surface area (Å²) in [6.45, 7) is 0.222. The summed E-state index contributed by atoms with van der Waals surface area (Å²) in [5.41, 5.74) is 16.1. The molecule has 15 heteroatoms. The van der Waals surface area contributed by atoms with Crippen LogP contribution in [0.2, 0.25) is 0 Å². The molecule has 4 atom stereocenters. The summed E-state index contributed by atoms with van der Waals surface area (Å²) in [5, 5.41) is 16.2. The molecule has 30 heavy (non-hydrogen) atoms. The Hall–Kier alpha value is -1.84. The number of nitrogens with one attached hydrogen (secondary N) is 3. The molecule has 12 nitrogen and oxygen atoms in total. The molecule has 0 aliphatic rings. The highest BCUT2D eigenvalue weighted by Crippen LogP contribution is 2.02. The van der Waals surface area contributed by atoms with Crippen LogP contribution in [0.5, 0.6) is 0 Å². The molecule has 3 amide bonds. The fourth-order valence-corrected chi connectivity index (χ4v) is 2.73. The molecule has 0 aromatic heterocycles. The summed E-state index contributed by atoms with van der Waals surface area (Å²) in [6.07, 6.45) is 0.508. The maximum Gasteiger partial charge on any atom is 0.327 e. The molecule has 0 bridgehead atoms. The molecule has 0 aromatic rings. The number of hydrogen-bond acceptors (Lipinski definition) is 9. The predicted molar refractivity (Wildman–Crippen MR) is 123 cm³/mol. The SMILES string of the molecule is NC(N)=NCCCC(NC(=O)C(N)CS)C(=O)NC(CS)C(=O)NC(CS)C(=O)O. The lowest BCUT2D eigenvalue weighted by Gasteiger charge is -2.24. The first kappa shape index (κ1) is 28.2. The molecule has 0 saturated carbocycles. The van der Waals surface area contributed by atoms with Crippen LogP contribution in [-0.4, -0.2) is 82.7 Å². The third-order valence-electron chi connectivity index (χ3n) is 3.72. The Morgan fingerprint density at radius 1 is 0.833 bits per heavy atom. The molecule has 4 unspecified atom stereocenters. The van der Waals surface area contributed by atoms with Crippen LogP contribution in [0, 0.1) is 0 Å². The number of carbonyl (C=O) groups excluding carboxylic acids is 3. The number of amides is 3. The van der Waals surface area contributed by atoms with Crippen molar-refractivity contribution in [1.29, 1.82) is 0 Å². The van der Waals surface area contributed by atoms with E-state index >= 15 is 0 Å². The van der Waals surface area contributed by atoms with Gasteiger partial charge in [0.2, 0.25) is 17.7 Å². The van der Waals surface area contributed by atoms with Crippen molar-refractivity contribution in [2.45, 2.75) is 37.0 Å². The van der Waals surface area contributed by atoms with Gasteiger partial charge in [0.25, 0.3) is 0 Å². The largest absolute Gasteiger partial charge is 0.480 e. The second-order valence-corrected chi connectivity index (χ2v) is 7.22. The van der Waals surface area contributed by atoms with Gasteiger partial charge in [-0.25, -0.2) is 4.79 Å². The minimum Gasteiger partial charge on any atom is -0.480 e. The second kappa shape index (κ2) is 15.0. The second-order valence-electron chi connectivity index (χ2n) is 6.12.